The molecule has 140 valence electrons. The minimum atomic E-state index is -0.0350. The number of rotatable bonds is 6. The minimum absolute atomic E-state index is 0.0350. The summed E-state index contributed by atoms with van der Waals surface area (Å²) < 4.78 is 5.15. The summed E-state index contributed by atoms with van der Waals surface area (Å²) in [4.78, 5) is 15.0. The standard InChI is InChI=1S/C21H29N3O2/c1-15-19(16(2)26-23-15)13-21(25)22-20-12-8-7-9-17(20)14-24(3)18-10-5-4-6-11-18/h7-9,12,18H,4-6,10-11,13-14H2,1-3H3,(H,22,25). The number of hydrogen-bond acceptors (Lipinski definition) is 4. The van der Waals surface area contributed by atoms with Crippen molar-refractivity contribution in [3.8, 4) is 0 Å². The molecule has 5 heteroatoms. The molecule has 1 aromatic carbocycles. The number of anilines is 1. The second kappa shape index (κ2) is 8.49. The first-order valence-corrected chi connectivity index (χ1v) is 9.54. The van der Waals surface area contributed by atoms with Gasteiger partial charge in [0.05, 0.1) is 12.1 Å². The summed E-state index contributed by atoms with van der Waals surface area (Å²) in [6, 6.07) is 8.74. The monoisotopic (exact) mass is 355 g/mol. The van der Waals surface area contributed by atoms with E-state index in [4.69, 9.17) is 4.52 Å². The van der Waals surface area contributed by atoms with Crippen molar-refractivity contribution in [2.75, 3.05) is 12.4 Å². The topological polar surface area (TPSA) is 58.4 Å². The number of carbonyl (C=O) groups is 1. The maximum atomic E-state index is 12.5. The van der Waals surface area contributed by atoms with Crippen molar-refractivity contribution in [3.63, 3.8) is 0 Å². The van der Waals surface area contributed by atoms with Gasteiger partial charge < -0.3 is 9.84 Å². The third-order valence-corrected chi connectivity index (χ3v) is 5.43. The lowest BCUT2D eigenvalue weighted by molar-refractivity contribution is -0.115. The highest BCUT2D eigenvalue weighted by Crippen LogP contribution is 2.25. The van der Waals surface area contributed by atoms with Gasteiger partial charge in [-0.3, -0.25) is 9.69 Å². The van der Waals surface area contributed by atoms with Gasteiger partial charge >= 0.3 is 0 Å². The number of amides is 1. The van der Waals surface area contributed by atoms with Crippen molar-refractivity contribution in [2.24, 2.45) is 0 Å². The molecule has 0 radical (unpaired) electrons. The van der Waals surface area contributed by atoms with Crippen LogP contribution in [0, 0.1) is 13.8 Å². The van der Waals surface area contributed by atoms with Crippen LogP contribution in [-0.4, -0.2) is 29.1 Å². The average Bonchev–Trinajstić information content (AvgIpc) is 2.96. The summed E-state index contributed by atoms with van der Waals surface area (Å²) in [6.07, 6.45) is 6.84. The fourth-order valence-electron chi connectivity index (χ4n) is 3.81. The summed E-state index contributed by atoms with van der Waals surface area (Å²) in [5, 5.41) is 7.00. The number of aryl methyl sites for hydroxylation is 2. The Hall–Kier alpha value is -2.14. The summed E-state index contributed by atoms with van der Waals surface area (Å²) in [5.74, 6) is 0.676. The van der Waals surface area contributed by atoms with Gasteiger partial charge in [-0.05, 0) is 45.4 Å². The van der Waals surface area contributed by atoms with E-state index in [1.807, 2.05) is 32.0 Å². The Morgan fingerprint density at radius 3 is 2.65 bits per heavy atom. The largest absolute Gasteiger partial charge is 0.361 e. The summed E-state index contributed by atoms with van der Waals surface area (Å²) in [6.45, 7) is 4.56. The predicted octanol–water partition coefficient (Wildman–Crippen LogP) is 4.24. The van der Waals surface area contributed by atoms with Gasteiger partial charge in [0.2, 0.25) is 5.91 Å². The molecule has 2 aromatic rings. The molecule has 0 saturated heterocycles. The lowest BCUT2D eigenvalue weighted by Gasteiger charge is -2.31. The molecule has 0 spiro atoms. The van der Waals surface area contributed by atoms with Crippen molar-refractivity contribution >= 4 is 11.6 Å². The molecule has 0 atom stereocenters. The van der Waals surface area contributed by atoms with E-state index in [1.54, 1.807) is 0 Å². The smallest absolute Gasteiger partial charge is 0.229 e. The first-order valence-electron chi connectivity index (χ1n) is 9.54. The van der Waals surface area contributed by atoms with Crippen LogP contribution in [-0.2, 0) is 17.8 Å². The van der Waals surface area contributed by atoms with Gasteiger partial charge in [-0.15, -0.1) is 0 Å². The van der Waals surface area contributed by atoms with E-state index in [0.717, 1.165) is 29.1 Å². The lowest BCUT2D eigenvalue weighted by atomic mass is 9.94. The fourth-order valence-corrected chi connectivity index (χ4v) is 3.81. The highest BCUT2D eigenvalue weighted by Gasteiger charge is 2.19. The van der Waals surface area contributed by atoms with Gasteiger partial charge in [-0.25, -0.2) is 0 Å². The van der Waals surface area contributed by atoms with Crippen LogP contribution >= 0.6 is 0 Å². The van der Waals surface area contributed by atoms with Crippen molar-refractivity contribution in [1.29, 1.82) is 0 Å². The lowest BCUT2D eigenvalue weighted by Crippen LogP contribution is -2.33. The molecule has 3 rings (SSSR count). The highest BCUT2D eigenvalue weighted by molar-refractivity contribution is 5.93. The van der Waals surface area contributed by atoms with E-state index in [-0.39, 0.29) is 12.3 Å². The zero-order valence-corrected chi connectivity index (χ0v) is 16.0. The number of hydrogen-bond donors (Lipinski definition) is 1. The first kappa shape index (κ1) is 18.6. The molecule has 0 unspecified atom stereocenters. The number of nitrogens with one attached hydrogen (secondary N) is 1. The second-order valence-electron chi connectivity index (χ2n) is 7.39. The zero-order chi connectivity index (χ0) is 18.5. The predicted molar refractivity (Wildman–Crippen MR) is 103 cm³/mol. The molecule has 1 fully saturated rings. The Bertz CT molecular complexity index is 728. The van der Waals surface area contributed by atoms with Crippen molar-refractivity contribution in [2.45, 2.75) is 65.0 Å². The molecule has 1 aliphatic rings. The molecule has 0 bridgehead atoms. The van der Waals surface area contributed by atoms with Crippen LogP contribution in [0.25, 0.3) is 0 Å². The van der Waals surface area contributed by atoms with Gasteiger partial charge in [0.25, 0.3) is 0 Å². The maximum Gasteiger partial charge on any atom is 0.229 e. The van der Waals surface area contributed by atoms with Gasteiger partial charge in [-0.1, -0.05) is 42.6 Å². The minimum Gasteiger partial charge on any atom is -0.361 e. The molecule has 26 heavy (non-hydrogen) atoms. The molecule has 1 N–H and O–H groups in total. The van der Waals surface area contributed by atoms with Crippen molar-refractivity contribution < 1.29 is 9.32 Å². The van der Waals surface area contributed by atoms with Crippen molar-refractivity contribution in [3.05, 3.63) is 46.8 Å². The number of aromatic nitrogens is 1. The van der Waals surface area contributed by atoms with Crippen LogP contribution in [0.3, 0.4) is 0 Å². The number of benzene rings is 1. The molecule has 1 amide bonds. The van der Waals surface area contributed by atoms with Crippen LogP contribution in [0.1, 0.15) is 54.7 Å². The molecule has 1 aromatic heterocycles. The average molecular weight is 355 g/mol. The third kappa shape index (κ3) is 4.52. The van der Waals surface area contributed by atoms with Crippen LogP contribution in [0.4, 0.5) is 5.69 Å². The van der Waals surface area contributed by atoms with E-state index in [9.17, 15) is 4.79 Å². The van der Waals surface area contributed by atoms with Crippen LogP contribution in [0.2, 0.25) is 0 Å². The fraction of sp³-hybridized carbons (Fsp3) is 0.524. The van der Waals surface area contributed by atoms with Gasteiger partial charge in [0.15, 0.2) is 0 Å². The van der Waals surface area contributed by atoms with Gasteiger partial charge in [-0.2, -0.15) is 0 Å². The molecule has 5 nitrogen and oxygen atoms in total. The van der Waals surface area contributed by atoms with E-state index in [2.05, 4.69) is 28.5 Å². The van der Waals surface area contributed by atoms with Crippen molar-refractivity contribution in [1.82, 2.24) is 10.1 Å². The Kier molecular flexibility index (Phi) is 6.09. The maximum absolute atomic E-state index is 12.5. The third-order valence-electron chi connectivity index (χ3n) is 5.43. The summed E-state index contributed by atoms with van der Waals surface area (Å²) >= 11 is 0. The van der Waals surface area contributed by atoms with Crippen LogP contribution in [0.15, 0.2) is 28.8 Å². The molecular weight excluding hydrogens is 326 g/mol. The Morgan fingerprint density at radius 1 is 1.23 bits per heavy atom. The number of carbonyl (C=O) groups excluding carboxylic acids is 1. The normalized spacial score (nSPS) is 15.4. The Balaban J connectivity index is 1.65. The molecule has 1 aliphatic carbocycles. The quantitative estimate of drug-likeness (QED) is 0.842. The molecule has 1 saturated carbocycles. The zero-order valence-electron chi connectivity index (χ0n) is 16.0. The molecule has 1 heterocycles. The number of nitrogens with zero attached hydrogens (tertiary/aromatic N) is 2. The van der Waals surface area contributed by atoms with Crippen LogP contribution < -0.4 is 5.32 Å². The summed E-state index contributed by atoms with van der Waals surface area (Å²) in [5.41, 5.74) is 3.71. The first-order chi connectivity index (χ1) is 12.5. The highest BCUT2D eigenvalue weighted by atomic mass is 16.5. The number of para-hydroxylation sites is 1. The van der Waals surface area contributed by atoms with E-state index in [1.165, 1.54) is 32.1 Å². The second-order valence-corrected chi connectivity index (χ2v) is 7.39. The van der Waals surface area contributed by atoms with E-state index < -0.39 is 0 Å². The van der Waals surface area contributed by atoms with E-state index in [0.29, 0.717) is 11.8 Å². The van der Waals surface area contributed by atoms with Crippen LogP contribution in [0.5, 0.6) is 0 Å². The summed E-state index contributed by atoms with van der Waals surface area (Å²) in [7, 11) is 2.19. The Morgan fingerprint density at radius 2 is 1.96 bits per heavy atom. The SMILES string of the molecule is Cc1noc(C)c1CC(=O)Nc1ccccc1CN(C)C1CCCCC1. The molecule has 0 aliphatic heterocycles. The molecular formula is C21H29N3O2. The van der Waals surface area contributed by atoms with E-state index >= 15 is 0 Å². The van der Waals surface area contributed by atoms with Gasteiger partial charge in [0.1, 0.15) is 5.76 Å². The Labute approximate surface area is 155 Å². The van der Waals surface area contributed by atoms with Gasteiger partial charge in [0, 0.05) is 23.8 Å².